The third-order valence-corrected chi connectivity index (χ3v) is 2.57. The number of carbonyl (C=O) groups excluding carboxylic acids is 1. The summed E-state index contributed by atoms with van der Waals surface area (Å²) >= 11 is 5.89. The van der Waals surface area contributed by atoms with Gasteiger partial charge in [-0.2, -0.15) is 0 Å². The van der Waals surface area contributed by atoms with Gasteiger partial charge in [-0.05, 0) is 19.8 Å². The summed E-state index contributed by atoms with van der Waals surface area (Å²) in [5.74, 6) is 1.44. The van der Waals surface area contributed by atoms with E-state index in [1.807, 2.05) is 0 Å². The van der Waals surface area contributed by atoms with Gasteiger partial charge in [0.15, 0.2) is 0 Å². The van der Waals surface area contributed by atoms with Crippen LogP contribution in [0.2, 0.25) is 5.15 Å². The van der Waals surface area contributed by atoms with E-state index in [9.17, 15) is 4.79 Å². The zero-order valence-corrected chi connectivity index (χ0v) is 10.3. The van der Waals surface area contributed by atoms with Crippen molar-refractivity contribution in [1.82, 2.24) is 9.97 Å². The van der Waals surface area contributed by atoms with Crippen molar-refractivity contribution in [3.05, 3.63) is 17.0 Å². The molecule has 1 aliphatic carbocycles. The number of anilines is 1. The maximum absolute atomic E-state index is 11.2. The van der Waals surface area contributed by atoms with Crippen LogP contribution in [-0.2, 0) is 9.53 Å². The Hall–Kier alpha value is -1.36. The Kier molecular flexibility index (Phi) is 3.78. The van der Waals surface area contributed by atoms with E-state index in [2.05, 4.69) is 15.3 Å². The van der Waals surface area contributed by atoms with Crippen molar-refractivity contribution in [2.45, 2.75) is 25.7 Å². The van der Waals surface area contributed by atoms with Gasteiger partial charge in [0, 0.05) is 12.0 Å². The number of nitrogens with one attached hydrogen (secondary N) is 1. The van der Waals surface area contributed by atoms with Crippen molar-refractivity contribution in [2.24, 2.45) is 0 Å². The molecular weight excluding hydrogens is 242 g/mol. The van der Waals surface area contributed by atoms with Crippen molar-refractivity contribution < 1.29 is 9.53 Å². The molecule has 1 fully saturated rings. The molecule has 92 valence electrons. The van der Waals surface area contributed by atoms with Crippen LogP contribution in [0.3, 0.4) is 0 Å². The molecule has 0 atom stereocenters. The van der Waals surface area contributed by atoms with Crippen molar-refractivity contribution in [2.75, 3.05) is 18.5 Å². The molecule has 5 nitrogen and oxygen atoms in total. The summed E-state index contributed by atoms with van der Waals surface area (Å²) in [5, 5.41) is 3.28. The van der Waals surface area contributed by atoms with E-state index in [0.717, 1.165) is 18.7 Å². The first-order valence-corrected chi connectivity index (χ1v) is 6.01. The maximum atomic E-state index is 11.2. The molecular formula is C11H14ClN3O2. The Bertz CT molecular complexity index is 421. The van der Waals surface area contributed by atoms with E-state index < -0.39 is 0 Å². The molecule has 1 aromatic heterocycles. The summed E-state index contributed by atoms with van der Waals surface area (Å²) in [6.07, 6.45) is 2.22. The Labute approximate surface area is 105 Å². The van der Waals surface area contributed by atoms with E-state index >= 15 is 0 Å². The van der Waals surface area contributed by atoms with Gasteiger partial charge >= 0.3 is 5.97 Å². The summed E-state index contributed by atoms with van der Waals surface area (Å²) in [5.41, 5.74) is 0. The number of halogens is 1. The topological polar surface area (TPSA) is 64.1 Å². The molecule has 0 radical (unpaired) electrons. The normalized spacial score (nSPS) is 14.5. The number of esters is 1. The van der Waals surface area contributed by atoms with Crippen molar-refractivity contribution in [3.63, 3.8) is 0 Å². The highest BCUT2D eigenvalue weighted by Gasteiger charge is 2.27. The highest BCUT2D eigenvalue weighted by molar-refractivity contribution is 6.29. The lowest BCUT2D eigenvalue weighted by Crippen LogP contribution is -2.17. The minimum atomic E-state index is -0.310. The van der Waals surface area contributed by atoms with Gasteiger partial charge in [0.05, 0.1) is 6.61 Å². The fraction of sp³-hybridized carbons (Fsp3) is 0.545. The van der Waals surface area contributed by atoms with Crippen molar-refractivity contribution >= 4 is 23.4 Å². The largest absolute Gasteiger partial charge is 0.465 e. The van der Waals surface area contributed by atoms with Crippen LogP contribution in [0.1, 0.15) is 31.5 Å². The second-order valence-electron chi connectivity index (χ2n) is 3.87. The van der Waals surface area contributed by atoms with Gasteiger partial charge in [-0.15, -0.1) is 0 Å². The average molecular weight is 256 g/mol. The summed E-state index contributed by atoms with van der Waals surface area (Å²) in [6, 6.07) is 1.60. The van der Waals surface area contributed by atoms with Crippen LogP contribution in [0.4, 0.5) is 5.82 Å². The number of hydrogen-bond acceptors (Lipinski definition) is 5. The maximum Gasteiger partial charge on any atom is 0.325 e. The van der Waals surface area contributed by atoms with E-state index in [1.165, 1.54) is 0 Å². The minimum absolute atomic E-state index is 0.0886. The molecule has 0 unspecified atom stereocenters. The fourth-order valence-corrected chi connectivity index (χ4v) is 1.61. The van der Waals surface area contributed by atoms with Crippen LogP contribution in [0.25, 0.3) is 0 Å². The molecule has 0 saturated heterocycles. The zero-order chi connectivity index (χ0) is 12.3. The first-order valence-electron chi connectivity index (χ1n) is 5.63. The van der Waals surface area contributed by atoms with Crippen LogP contribution >= 0.6 is 11.6 Å². The summed E-state index contributed by atoms with van der Waals surface area (Å²) in [6.45, 7) is 2.23. The van der Waals surface area contributed by atoms with Gasteiger partial charge in [0.25, 0.3) is 0 Å². The predicted octanol–water partition coefficient (Wildman–Crippen LogP) is 1.98. The second kappa shape index (κ2) is 5.31. The highest BCUT2D eigenvalue weighted by Crippen LogP contribution is 2.38. The Morgan fingerprint density at radius 3 is 3.00 bits per heavy atom. The molecule has 1 aromatic rings. The van der Waals surface area contributed by atoms with Gasteiger partial charge < -0.3 is 10.1 Å². The summed E-state index contributed by atoms with van der Waals surface area (Å²) in [4.78, 5) is 19.6. The lowest BCUT2D eigenvalue weighted by atomic mass is 10.4. The van der Waals surface area contributed by atoms with Crippen LogP contribution in [0.5, 0.6) is 0 Å². The number of carbonyl (C=O) groups is 1. The van der Waals surface area contributed by atoms with Crippen LogP contribution in [-0.4, -0.2) is 29.1 Å². The summed E-state index contributed by atoms with van der Waals surface area (Å²) in [7, 11) is 0. The Balaban J connectivity index is 1.97. The number of nitrogens with zero attached hydrogens (tertiary/aromatic N) is 2. The lowest BCUT2D eigenvalue weighted by Gasteiger charge is -2.07. The van der Waals surface area contributed by atoms with Crippen molar-refractivity contribution in [3.8, 4) is 0 Å². The molecule has 17 heavy (non-hydrogen) atoms. The second-order valence-corrected chi connectivity index (χ2v) is 4.25. The van der Waals surface area contributed by atoms with Crippen molar-refractivity contribution in [1.29, 1.82) is 0 Å². The number of aromatic nitrogens is 2. The standard InChI is InChI=1S/C11H14ClN3O2/c1-2-17-10(16)6-13-9-5-8(12)14-11(15-9)7-3-4-7/h5,7H,2-4,6H2,1H3,(H,13,14,15). The van der Waals surface area contributed by atoms with E-state index in [1.54, 1.807) is 13.0 Å². The highest BCUT2D eigenvalue weighted by atomic mass is 35.5. The first kappa shape index (κ1) is 12.1. The van der Waals surface area contributed by atoms with E-state index in [0.29, 0.717) is 23.5 Å². The van der Waals surface area contributed by atoms with Gasteiger partial charge in [-0.25, -0.2) is 9.97 Å². The number of rotatable bonds is 5. The molecule has 1 heterocycles. The van der Waals surface area contributed by atoms with Gasteiger partial charge in [0.2, 0.25) is 0 Å². The fourth-order valence-electron chi connectivity index (χ4n) is 1.42. The quantitative estimate of drug-likeness (QED) is 0.644. The Morgan fingerprint density at radius 1 is 1.59 bits per heavy atom. The average Bonchev–Trinajstić information content (AvgIpc) is 3.10. The minimum Gasteiger partial charge on any atom is -0.465 e. The van der Waals surface area contributed by atoms with Gasteiger partial charge in [0.1, 0.15) is 23.3 Å². The Morgan fingerprint density at radius 2 is 2.35 bits per heavy atom. The monoisotopic (exact) mass is 255 g/mol. The molecule has 2 rings (SSSR count). The molecule has 1 aliphatic rings. The zero-order valence-electron chi connectivity index (χ0n) is 9.57. The smallest absolute Gasteiger partial charge is 0.325 e. The van der Waals surface area contributed by atoms with Crippen LogP contribution in [0, 0.1) is 0 Å². The molecule has 6 heteroatoms. The van der Waals surface area contributed by atoms with Crippen LogP contribution in [0.15, 0.2) is 6.07 Å². The summed E-state index contributed by atoms with van der Waals surface area (Å²) < 4.78 is 4.81. The van der Waals surface area contributed by atoms with E-state index in [4.69, 9.17) is 16.3 Å². The third-order valence-electron chi connectivity index (χ3n) is 2.37. The SMILES string of the molecule is CCOC(=O)CNc1cc(Cl)nc(C2CC2)n1. The van der Waals surface area contributed by atoms with Gasteiger partial charge in [-0.1, -0.05) is 11.6 Å². The molecule has 1 saturated carbocycles. The molecule has 0 amide bonds. The molecule has 0 aliphatic heterocycles. The first-order chi connectivity index (χ1) is 8.19. The lowest BCUT2D eigenvalue weighted by molar-refractivity contribution is -0.140. The molecule has 1 N–H and O–H groups in total. The number of ether oxygens (including phenoxy) is 1. The predicted molar refractivity (Wildman–Crippen MR) is 64.1 cm³/mol. The van der Waals surface area contributed by atoms with E-state index in [-0.39, 0.29) is 12.5 Å². The van der Waals surface area contributed by atoms with Crippen LogP contribution < -0.4 is 5.32 Å². The molecule has 0 spiro atoms. The molecule has 0 aromatic carbocycles. The molecule has 0 bridgehead atoms. The third kappa shape index (κ3) is 3.56. The number of hydrogen-bond donors (Lipinski definition) is 1. The van der Waals surface area contributed by atoms with Gasteiger partial charge in [-0.3, -0.25) is 4.79 Å².